The standard InChI is InChI=1S/C27H25F4N3O4/c28-22-9-15(26(35)36)10-32-25(22)34-11-16-7-18(8-17(16)12-34)37-13-20-23(33-38-24(20)14-5-6-14)19-3-1-2-4-21(19)27(29,30)31/h1-4,9-10,14,16-18H,5-8,11-13H2,(H,35,36)/t16-,17?,18+/m0/s1. The van der Waals surface area contributed by atoms with Gasteiger partial charge in [0, 0.05) is 36.3 Å². The monoisotopic (exact) mass is 531 g/mol. The summed E-state index contributed by atoms with van der Waals surface area (Å²) in [5, 5.41) is 13.1. The Labute approximate surface area is 215 Å². The number of ether oxygens (including phenoxy) is 1. The van der Waals surface area contributed by atoms with Gasteiger partial charge in [0.25, 0.3) is 0 Å². The Morgan fingerprint density at radius 3 is 2.50 bits per heavy atom. The van der Waals surface area contributed by atoms with Gasteiger partial charge in [-0.05, 0) is 49.7 Å². The molecule has 38 heavy (non-hydrogen) atoms. The number of fused-ring (bicyclic) bond motifs is 1. The fourth-order valence-corrected chi connectivity index (χ4v) is 5.81. The minimum absolute atomic E-state index is 0.0170. The van der Waals surface area contributed by atoms with Gasteiger partial charge < -0.3 is 19.3 Å². The number of carboxylic acid groups (broad SMARTS) is 1. The number of aromatic nitrogens is 2. The molecule has 7 nitrogen and oxygen atoms in total. The van der Waals surface area contributed by atoms with Gasteiger partial charge in [-0.2, -0.15) is 13.2 Å². The molecule has 0 bridgehead atoms. The Hall–Kier alpha value is -3.47. The molecule has 2 saturated carbocycles. The number of halogens is 4. The van der Waals surface area contributed by atoms with Crippen molar-refractivity contribution in [1.29, 1.82) is 0 Å². The Kier molecular flexibility index (Phi) is 6.13. The number of hydrogen-bond donors (Lipinski definition) is 1. The summed E-state index contributed by atoms with van der Waals surface area (Å²) in [6.45, 7) is 1.26. The zero-order valence-electron chi connectivity index (χ0n) is 20.2. The van der Waals surface area contributed by atoms with Crippen LogP contribution in [0.3, 0.4) is 0 Å². The van der Waals surface area contributed by atoms with Crippen LogP contribution < -0.4 is 4.90 Å². The number of anilines is 1. The molecule has 1 saturated heterocycles. The topological polar surface area (TPSA) is 88.7 Å². The Bertz CT molecular complexity index is 1360. The van der Waals surface area contributed by atoms with Crippen LogP contribution in [0.2, 0.25) is 0 Å². The van der Waals surface area contributed by atoms with E-state index in [1.165, 1.54) is 12.1 Å². The molecular weight excluding hydrogens is 506 g/mol. The predicted molar refractivity (Wildman–Crippen MR) is 127 cm³/mol. The zero-order valence-corrected chi connectivity index (χ0v) is 20.2. The van der Waals surface area contributed by atoms with Gasteiger partial charge in [-0.3, -0.25) is 0 Å². The maximum Gasteiger partial charge on any atom is 0.417 e. The molecule has 3 fully saturated rings. The molecule has 3 aliphatic rings. The average molecular weight is 532 g/mol. The second kappa shape index (κ2) is 9.37. The molecule has 1 N–H and O–H groups in total. The summed E-state index contributed by atoms with van der Waals surface area (Å²) >= 11 is 0. The van der Waals surface area contributed by atoms with Gasteiger partial charge in [-0.25, -0.2) is 14.2 Å². The van der Waals surface area contributed by atoms with Gasteiger partial charge in [0.1, 0.15) is 11.5 Å². The zero-order chi connectivity index (χ0) is 26.6. The highest BCUT2D eigenvalue weighted by molar-refractivity contribution is 5.87. The maximum absolute atomic E-state index is 14.5. The van der Waals surface area contributed by atoms with E-state index < -0.39 is 23.5 Å². The highest BCUT2D eigenvalue weighted by Crippen LogP contribution is 2.47. The lowest BCUT2D eigenvalue weighted by molar-refractivity contribution is -0.137. The third-order valence-electron chi connectivity index (χ3n) is 7.79. The van der Waals surface area contributed by atoms with Crippen molar-refractivity contribution in [3.05, 3.63) is 64.8 Å². The molecular formula is C27H25F4N3O4. The van der Waals surface area contributed by atoms with Crippen molar-refractivity contribution in [1.82, 2.24) is 10.1 Å². The number of pyridine rings is 1. The Morgan fingerprint density at radius 2 is 1.87 bits per heavy atom. The van der Waals surface area contributed by atoms with E-state index in [-0.39, 0.29) is 53.1 Å². The second-order valence-corrected chi connectivity index (χ2v) is 10.4. The van der Waals surface area contributed by atoms with Gasteiger partial charge in [-0.1, -0.05) is 23.4 Å². The van der Waals surface area contributed by atoms with E-state index in [1.807, 2.05) is 4.90 Å². The van der Waals surface area contributed by atoms with Crippen molar-refractivity contribution in [3.63, 3.8) is 0 Å². The molecule has 11 heteroatoms. The van der Waals surface area contributed by atoms with Gasteiger partial charge in [-0.15, -0.1) is 0 Å². The highest BCUT2D eigenvalue weighted by atomic mass is 19.4. The molecule has 3 atom stereocenters. The van der Waals surface area contributed by atoms with E-state index in [9.17, 15) is 22.4 Å². The van der Waals surface area contributed by atoms with Crippen LogP contribution in [0, 0.1) is 17.7 Å². The highest BCUT2D eigenvalue weighted by Gasteiger charge is 2.43. The fourth-order valence-electron chi connectivity index (χ4n) is 5.81. The quantitative estimate of drug-likeness (QED) is 0.380. The minimum atomic E-state index is -4.52. The van der Waals surface area contributed by atoms with Crippen LogP contribution in [0.5, 0.6) is 0 Å². The summed E-state index contributed by atoms with van der Waals surface area (Å²) in [4.78, 5) is 16.9. The van der Waals surface area contributed by atoms with Crippen molar-refractivity contribution in [2.75, 3.05) is 18.0 Å². The number of carbonyl (C=O) groups is 1. The van der Waals surface area contributed by atoms with Crippen LogP contribution in [0.25, 0.3) is 11.3 Å². The Morgan fingerprint density at radius 1 is 1.16 bits per heavy atom. The lowest BCUT2D eigenvalue weighted by Gasteiger charge is -2.21. The minimum Gasteiger partial charge on any atom is -0.478 e. The molecule has 3 aromatic rings. The lowest BCUT2D eigenvalue weighted by atomic mass is 9.99. The van der Waals surface area contributed by atoms with Gasteiger partial charge in [0.15, 0.2) is 11.6 Å². The number of carboxylic acids is 1. The molecule has 0 spiro atoms. The average Bonchev–Trinajstić information content (AvgIpc) is 3.34. The van der Waals surface area contributed by atoms with Crippen LogP contribution >= 0.6 is 0 Å². The molecule has 2 aliphatic carbocycles. The fraction of sp³-hybridized carbons (Fsp3) is 0.444. The summed E-state index contributed by atoms with van der Waals surface area (Å²) in [6.07, 6.45) is -0.181. The molecule has 2 aromatic heterocycles. The molecule has 1 aliphatic heterocycles. The van der Waals surface area contributed by atoms with E-state index in [0.29, 0.717) is 24.4 Å². The van der Waals surface area contributed by atoms with E-state index in [1.54, 1.807) is 6.07 Å². The number of alkyl halides is 3. The molecule has 200 valence electrons. The molecule has 3 heterocycles. The van der Waals surface area contributed by atoms with Crippen LogP contribution in [0.4, 0.5) is 23.4 Å². The first-order valence-corrected chi connectivity index (χ1v) is 12.6. The molecule has 0 radical (unpaired) electrons. The number of hydrogen-bond acceptors (Lipinski definition) is 6. The van der Waals surface area contributed by atoms with Crippen LogP contribution in [0.1, 0.15) is 58.8 Å². The Balaban J connectivity index is 1.15. The van der Waals surface area contributed by atoms with Crippen molar-refractivity contribution >= 4 is 11.8 Å². The summed E-state index contributed by atoms with van der Waals surface area (Å²) in [6, 6.07) is 6.34. The molecule has 6 rings (SSSR count). The first-order chi connectivity index (χ1) is 18.2. The van der Waals surface area contributed by atoms with Gasteiger partial charge in [0.2, 0.25) is 0 Å². The number of aromatic carboxylic acids is 1. The first kappa shape index (κ1) is 24.8. The molecule has 0 amide bonds. The summed E-state index contributed by atoms with van der Waals surface area (Å²) in [5.41, 5.74) is -0.222. The van der Waals surface area contributed by atoms with E-state index in [4.69, 9.17) is 14.4 Å². The van der Waals surface area contributed by atoms with Gasteiger partial charge >= 0.3 is 12.1 Å². The van der Waals surface area contributed by atoms with E-state index >= 15 is 0 Å². The SMILES string of the molecule is O=C(O)c1cnc(N2CC3C[C@H](OCc4c(-c5ccccc5C(F)(F)F)noc4C4CC4)C[C@H]3C2)c(F)c1. The van der Waals surface area contributed by atoms with Crippen molar-refractivity contribution in [3.8, 4) is 11.3 Å². The first-order valence-electron chi connectivity index (χ1n) is 12.6. The molecule has 1 unspecified atom stereocenters. The van der Waals surface area contributed by atoms with E-state index in [2.05, 4.69) is 10.1 Å². The predicted octanol–water partition coefficient (Wildman–Crippen LogP) is 5.90. The van der Waals surface area contributed by atoms with Crippen LogP contribution in [0.15, 0.2) is 41.1 Å². The van der Waals surface area contributed by atoms with Crippen molar-refractivity contribution in [2.24, 2.45) is 11.8 Å². The van der Waals surface area contributed by atoms with Crippen LogP contribution in [-0.4, -0.2) is 40.4 Å². The second-order valence-electron chi connectivity index (χ2n) is 10.4. The van der Waals surface area contributed by atoms with Crippen molar-refractivity contribution in [2.45, 2.75) is 50.5 Å². The largest absolute Gasteiger partial charge is 0.478 e. The third kappa shape index (κ3) is 4.63. The van der Waals surface area contributed by atoms with Crippen molar-refractivity contribution < 1.29 is 36.7 Å². The van der Waals surface area contributed by atoms with Gasteiger partial charge in [0.05, 0.1) is 23.8 Å². The summed E-state index contributed by atoms with van der Waals surface area (Å²) in [7, 11) is 0. The third-order valence-corrected chi connectivity index (χ3v) is 7.79. The summed E-state index contributed by atoms with van der Waals surface area (Å²) < 4.78 is 67.4. The molecule has 1 aromatic carbocycles. The number of nitrogens with zero attached hydrogens (tertiary/aromatic N) is 3. The maximum atomic E-state index is 14.5. The smallest absolute Gasteiger partial charge is 0.417 e. The summed E-state index contributed by atoms with van der Waals surface area (Å²) in [5.74, 6) is -0.499. The normalized spacial score (nSPS) is 23.2. The number of rotatable bonds is 7. The van der Waals surface area contributed by atoms with Crippen LogP contribution in [-0.2, 0) is 17.5 Å². The lowest BCUT2D eigenvalue weighted by Crippen LogP contribution is -2.25. The van der Waals surface area contributed by atoms with E-state index in [0.717, 1.165) is 44.0 Å². The number of benzene rings is 1.